The van der Waals surface area contributed by atoms with Crippen molar-refractivity contribution < 1.29 is 46.9 Å². The van der Waals surface area contributed by atoms with Crippen LogP contribution in [-0.2, 0) is 44.0 Å². The van der Waals surface area contributed by atoms with Crippen LogP contribution in [0.2, 0.25) is 0 Å². The molecule has 3 N–H and O–H groups in total. The quantitative estimate of drug-likeness (QED) is 0.122. The number of hydrogen-bond donors (Lipinski definition) is 3. The van der Waals surface area contributed by atoms with Crippen LogP contribution >= 0.6 is 7.75 Å². The molecule has 0 radical (unpaired) electrons. The molecule has 46 heavy (non-hydrogen) atoms. The first kappa shape index (κ1) is 36.2. The molecule has 16 nitrogen and oxygen atoms in total. The monoisotopic (exact) mass is 666 g/mol. The molecule has 252 valence electrons. The van der Waals surface area contributed by atoms with Gasteiger partial charge < -0.3 is 28.8 Å². The number of nitrogens with one attached hydrogen (secondary N) is 3. The summed E-state index contributed by atoms with van der Waals surface area (Å²) in [5.41, 5.74) is -1.06. The Morgan fingerprint density at radius 2 is 1.72 bits per heavy atom. The number of rotatable bonds is 13. The Labute approximate surface area is 264 Å². The third kappa shape index (κ3) is 10.4. The molecule has 1 amide bonds. The number of amides is 1. The fourth-order valence-corrected chi connectivity index (χ4v) is 5.59. The van der Waals surface area contributed by atoms with Crippen molar-refractivity contribution in [1.82, 2.24) is 20.0 Å². The molecule has 0 spiro atoms. The average molecular weight is 667 g/mol. The lowest BCUT2D eigenvalue weighted by atomic mass is 10.1. The molecular weight excluding hydrogens is 627 g/mol. The minimum Gasteiger partial charge on any atom is -0.468 e. The first-order valence-corrected chi connectivity index (χ1v) is 15.7. The Morgan fingerprint density at radius 3 is 2.33 bits per heavy atom. The van der Waals surface area contributed by atoms with Gasteiger partial charge in [0.05, 0.1) is 20.8 Å². The second kappa shape index (κ2) is 15.4. The van der Waals surface area contributed by atoms with Crippen LogP contribution in [0.25, 0.3) is 0 Å². The van der Waals surface area contributed by atoms with Crippen LogP contribution in [0.1, 0.15) is 45.0 Å². The molecule has 0 saturated heterocycles. The summed E-state index contributed by atoms with van der Waals surface area (Å²) in [6.07, 6.45) is 2.14. The van der Waals surface area contributed by atoms with E-state index in [9.17, 15) is 28.5 Å². The van der Waals surface area contributed by atoms with E-state index in [1.165, 1.54) is 44.0 Å². The average Bonchev–Trinajstić information content (AvgIpc) is 3.45. The molecule has 0 bridgehead atoms. The second-order valence-electron chi connectivity index (χ2n) is 11.3. The van der Waals surface area contributed by atoms with E-state index in [0.717, 1.165) is 0 Å². The highest BCUT2D eigenvalue weighted by molar-refractivity contribution is 7.52. The smallest absolute Gasteiger partial charge is 0.459 e. The van der Waals surface area contributed by atoms with Crippen LogP contribution in [0.15, 0.2) is 52.2 Å². The van der Waals surface area contributed by atoms with Gasteiger partial charge in [-0.25, -0.2) is 18.9 Å². The van der Waals surface area contributed by atoms with E-state index in [2.05, 4.69) is 15.4 Å². The zero-order chi connectivity index (χ0) is 34.2. The Kier molecular flexibility index (Phi) is 12.1. The first-order chi connectivity index (χ1) is 21.5. The maximum Gasteiger partial charge on any atom is 0.459 e. The van der Waals surface area contributed by atoms with Crippen molar-refractivity contribution in [3.8, 4) is 5.75 Å². The van der Waals surface area contributed by atoms with E-state index >= 15 is 0 Å². The van der Waals surface area contributed by atoms with Crippen molar-refractivity contribution in [2.45, 2.75) is 71.1 Å². The predicted octanol–water partition coefficient (Wildman–Crippen LogP) is 2.26. The highest BCUT2D eigenvalue weighted by Gasteiger charge is 2.34. The number of alkyl carbamates (subject to hydrolysis) is 1. The highest BCUT2D eigenvalue weighted by atomic mass is 31.2. The van der Waals surface area contributed by atoms with Crippen molar-refractivity contribution >= 4 is 25.8 Å². The molecule has 17 heteroatoms. The van der Waals surface area contributed by atoms with E-state index < -0.39 is 67.0 Å². The van der Waals surface area contributed by atoms with E-state index in [0.29, 0.717) is 11.1 Å². The number of carbonyl (C=O) groups is 3. The summed E-state index contributed by atoms with van der Waals surface area (Å²) in [7, 11) is -1.90. The summed E-state index contributed by atoms with van der Waals surface area (Å²) in [6.45, 7) is 7.71. The Hall–Kier alpha value is -4.24. The van der Waals surface area contributed by atoms with Gasteiger partial charge in [-0.2, -0.15) is 5.09 Å². The summed E-state index contributed by atoms with van der Waals surface area (Å²) in [4.78, 5) is 62.8. The maximum atomic E-state index is 13.8. The molecule has 1 aromatic carbocycles. The minimum absolute atomic E-state index is 0.0441. The van der Waals surface area contributed by atoms with Gasteiger partial charge >= 0.3 is 31.5 Å². The number of aromatic nitrogens is 2. The summed E-state index contributed by atoms with van der Waals surface area (Å²) >= 11 is 0. The second-order valence-corrected chi connectivity index (χ2v) is 13.0. The van der Waals surface area contributed by atoms with Crippen LogP contribution in [0.4, 0.5) is 4.79 Å². The molecule has 0 aliphatic carbocycles. The largest absolute Gasteiger partial charge is 0.468 e. The molecule has 2 heterocycles. The van der Waals surface area contributed by atoms with E-state index in [1.807, 2.05) is 0 Å². The SMILES string of the molecule is COC(=O)C(C)NP(=O)(OC[C@@H]1C=C[C@H](n2cc(C)c(=O)[nH]c2=O)O1)Oc1ccc(CC(NC(=O)OC(C)(C)C)C(=O)OC)cc1. The Bertz CT molecular complexity index is 1590. The number of hydrogen-bond acceptors (Lipinski definition) is 12. The number of carbonyl (C=O) groups excluding carboxylic acids is 3. The van der Waals surface area contributed by atoms with Gasteiger partial charge in [0.1, 0.15) is 29.5 Å². The van der Waals surface area contributed by atoms with Gasteiger partial charge in [0, 0.05) is 18.2 Å². The lowest BCUT2D eigenvalue weighted by molar-refractivity contribution is -0.143. The standard InChI is InChI=1S/C29H39N4O12P/c1-17-15-33(27(37)31-24(17)34)23-13-12-21(43-23)16-42-46(39,32-18(2)25(35)40-6)45-20-10-8-19(9-11-20)14-22(26(36)41-7)30-28(38)44-29(3,4)5/h8-13,15,18,21-23H,14,16H2,1-7H3,(H,30,38)(H,32,39)(H,31,34,37)/t18?,21-,22?,23+,46?/m0/s1. The summed E-state index contributed by atoms with van der Waals surface area (Å²) in [5.74, 6) is -1.32. The van der Waals surface area contributed by atoms with E-state index in [4.69, 9.17) is 28.0 Å². The van der Waals surface area contributed by atoms with E-state index in [-0.39, 0.29) is 18.8 Å². The van der Waals surface area contributed by atoms with Crippen molar-refractivity contribution in [1.29, 1.82) is 0 Å². The Balaban J connectivity index is 1.71. The van der Waals surface area contributed by atoms with Crippen molar-refractivity contribution in [2.75, 3.05) is 20.8 Å². The van der Waals surface area contributed by atoms with Crippen LogP contribution < -0.4 is 26.2 Å². The molecule has 5 atom stereocenters. The van der Waals surface area contributed by atoms with Crippen LogP contribution in [0.5, 0.6) is 5.75 Å². The minimum atomic E-state index is -4.26. The number of methoxy groups -OCH3 is 2. The third-order valence-electron chi connectivity index (χ3n) is 6.31. The number of H-pyrrole nitrogens is 1. The molecule has 1 aromatic heterocycles. The molecular formula is C29H39N4O12P. The topological polar surface area (TPSA) is 203 Å². The Morgan fingerprint density at radius 1 is 1.07 bits per heavy atom. The number of aryl methyl sites for hydroxylation is 1. The predicted molar refractivity (Wildman–Crippen MR) is 163 cm³/mol. The van der Waals surface area contributed by atoms with Crippen LogP contribution in [0.3, 0.4) is 0 Å². The van der Waals surface area contributed by atoms with Crippen molar-refractivity contribution in [3.05, 3.63) is 74.6 Å². The molecule has 1 aliphatic rings. The first-order valence-electron chi connectivity index (χ1n) is 14.1. The van der Waals surface area contributed by atoms with Gasteiger partial charge in [0.15, 0.2) is 6.23 Å². The third-order valence-corrected chi connectivity index (χ3v) is 7.95. The van der Waals surface area contributed by atoms with Gasteiger partial charge in [-0.3, -0.25) is 23.7 Å². The number of nitrogens with zero attached hydrogens (tertiary/aromatic N) is 1. The number of esters is 2. The van der Waals surface area contributed by atoms with Crippen molar-refractivity contribution in [2.24, 2.45) is 0 Å². The van der Waals surface area contributed by atoms with Crippen LogP contribution in [-0.4, -0.2) is 72.2 Å². The zero-order valence-electron chi connectivity index (χ0n) is 26.6. The van der Waals surface area contributed by atoms with Gasteiger partial charge in [0.25, 0.3) is 5.56 Å². The summed E-state index contributed by atoms with van der Waals surface area (Å²) in [6, 6.07) is 3.93. The number of ether oxygens (including phenoxy) is 4. The molecule has 0 fully saturated rings. The molecule has 1 aliphatic heterocycles. The summed E-state index contributed by atoms with van der Waals surface area (Å²) < 4.78 is 46.9. The molecule has 2 aromatic rings. The zero-order valence-corrected chi connectivity index (χ0v) is 27.5. The van der Waals surface area contributed by atoms with Gasteiger partial charge in [-0.05, 0) is 58.4 Å². The molecule has 0 saturated carbocycles. The lowest BCUT2D eigenvalue weighted by Crippen LogP contribution is -2.45. The van der Waals surface area contributed by atoms with Crippen molar-refractivity contribution in [3.63, 3.8) is 0 Å². The van der Waals surface area contributed by atoms with Crippen LogP contribution in [0, 0.1) is 6.92 Å². The van der Waals surface area contributed by atoms with Gasteiger partial charge in [0.2, 0.25) is 0 Å². The number of aromatic amines is 1. The fourth-order valence-electron chi connectivity index (χ4n) is 4.09. The lowest BCUT2D eigenvalue weighted by Gasteiger charge is -2.24. The maximum absolute atomic E-state index is 13.8. The van der Waals surface area contributed by atoms with Gasteiger partial charge in [-0.15, -0.1) is 0 Å². The fraction of sp³-hybridized carbons (Fsp3) is 0.483. The molecule has 3 unspecified atom stereocenters. The van der Waals surface area contributed by atoms with Gasteiger partial charge in [-0.1, -0.05) is 18.2 Å². The summed E-state index contributed by atoms with van der Waals surface area (Å²) in [5, 5.41) is 5.02. The number of benzene rings is 1. The highest BCUT2D eigenvalue weighted by Crippen LogP contribution is 2.45. The van der Waals surface area contributed by atoms with E-state index in [1.54, 1.807) is 52.0 Å². The molecule has 3 rings (SSSR count). The normalized spacial score (nSPS) is 18.6.